The Balaban J connectivity index is 0.00000249. The van der Waals surface area contributed by atoms with Crippen LogP contribution in [0.1, 0.15) is 20.8 Å². The number of aromatic hydroxyl groups is 1. The molecule has 0 aliphatic rings. The minimum atomic E-state index is -0.576. The number of phenolic OH excluding ortho intramolecular Hbond substituents is 1. The van der Waals surface area contributed by atoms with E-state index in [2.05, 4.69) is 12.4 Å². The van der Waals surface area contributed by atoms with Gasteiger partial charge in [-0.2, -0.15) is 0 Å². The first-order chi connectivity index (χ1) is 14.9. The van der Waals surface area contributed by atoms with Crippen LogP contribution in [0.25, 0.3) is 28.0 Å². The molecule has 0 unspecified atom stereocenters. The van der Waals surface area contributed by atoms with Gasteiger partial charge in [0.15, 0.2) is 0 Å². The predicted molar refractivity (Wildman–Crippen MR) is 133 cm³/mol. The molecule has 0 spiro atoms. The molecule has 0 atom stereocenters. The number of hydrogen-bond acceptors (Lipinski definition) is 3. The van der Waals surface area contributed by atoms with Crippen LogP contribution >= 0.6 is 0 Å². The van der Waals surface area contributed by atoms with Crippen molar-refractivity contribution in [1.29, 1.82) is 0 Å². The van der Waals surface area contributed by atoms with Crippen LogP contribution in [0.5, 0.6) is 5.75 Å². The minimum Gasteiger partial charge on any atom is -0.676 e. The minimum absolute atomic E-state index is 0. The monoisotopic (exact) mass is 569 g/mol. The van der Waals surface area contributed by atoms with Gasteiger partial charge in [-0.05, 0) is 41.9 Å². The number of halogens is 1. The molecule has 0 saturated heterocycles. The first-order valence-electron chi connectivity index (χ1n) is 10.1. The van der Waals surface area contributed by atoms with Gasteiger partial charge in [0.25, 0.3) is 0 Å². The first kappa shape index (κ1) is 31.7. The van der Waals surface area contributed by atoms with Crippen molar-refractivity contribution >= 4 is 17.3 Å². The third kappa shape index (κ3) is 8.44. The van der Waals surface area contributed by atoms with Crippen molar-refractivity contribution in [3.8, 4) is 28.0 Å². The van der Waals surface area contributed by atoms with E-state index in [4.69, 9.17) is 5.73 Å². The molecule has 172 valence electrons. The van der Waals surface area contributed by atoms with Crippen molar-refractivity contribution in [2.75, 3.05) is 23.3 Å². The molecule has 1 amide bonds. The number of carbonyl (C=O) groups is 1. The second-order valence-electron chi connectivity index (χ2n) is 6.64. The fourth-order valence-electron chi connectivity index (χ4n) is 3.12. The van der Waals surface area contributed by atoms with Crippen molar-refractivity contribution in [3.63, 3.8) is 0 Å². The van der Waals surface area contributed by atoms with Crippen LogP contribution in [0.4, 0.5) is 15.8 Å². The van der Waals surface area contributed by atoms with Gasteiger partial charge >= 0.3 is 68.9 Å². The van der Waals surface area contributed by atoms with Gasteiger partial charge in [-0.15, -0.1) is 6.54 Å². The Labute approximate surface area is 256 Å². The summed E-state index contributed by atoms with van der Waals surface area (Å²) in [6.07, 6.45) is 0. The molecule has 3 aromatic rings. The quantitative estimate of drug-likeness (QED) is 0.442. The van der Waals surface area contributed by atoms with Gasteiger partial charge < -0.3 is 28.5 Å². The van der Waals surface area contributed by atoms with E-state index in [1.165, 1.54) is 19.1 Å². The third-order valence-corrected chi connectivity index (χ3v) is 4.53. The van der Waals surface area contributed by atoms with Crippen molar-refractivity contribution in [2.45, 2.75) is 20.8 Å². The number of hydrogen-bond donors (Lipinski definition) is 2. The molecular weight excluding hydrogens is 538 g/mol. The molecule has 0 radical (unpaired) electrons. The standard InChI is InChI=1S/C23H22FN3O2.C2H6.CH3.Cs/c1-15(28)26-22-10-9-17(14-21(22)24)20-8-4-7-19(23(20)29)16-5-3-6-18(13-16)27(2)12-11-25;1-2;;/h3-10,13-14,25,29H,2,11-12H2,1H3,(H,26,28);1-2H3;1H3;/q-2;;-1;+1. The van der Waals surface area contributed by atoms with Crippen LogP contribution in [0.3, 0.4) is 0 Å². The molecule has 0 aliphatic heterocycles. The molecule has 3 aromatic carbocycles. The predicted octanol–water partition coefficient (Wildman–Crippen LogP) is 3.95. The number of amides is 1. The Morgan fingerprint density at radius 2 is 1.64 bits per heavy atom. The van der Waals surface area contributed by atoms with Crippen LogP contribution in [-0.2, 0) is 4.79 Å². The van der Waals surface area contributed by atoms with Crippen LogP contribution in [0, 0.1) is 20.3 Å². The molecule has 33 heavy (non-hydrogen) atoms. The summed E-state index contributed by atoms with van der Waals surface area (Å²) in [5.74, 6) is -0.897. The fraction of sp³-hybridized carbons (Fsp3) is 0.192. The summed E-state index contributed by atoms with van der Waals surface area (Å²) in [6.45, 7) is 6.04. The normalized spacial score (nSPS) is 9.52. The maximum Gasteiger partial charge on any atom is 1.00 e. The molecule has 0 heterocycles. The molecule has 0 saturated carbocycles. The summed E-state index contributed by atoms with van der Waals surface area (Å²) in [4.78, 5) is 12.9. The van der Waals surface area contributed by atoms with Gasteiger partial charge in [-0.3, -0.25) is 11.8 Å². The zero-order valence-electron chi connectivity index (χ0n) is 20.1. The van der Waals surface area contributed by atoms with Crippen LogP contribution in [0.15, 0.2) is 60.7 Å². The molecular formula is C26H31CsFN3O2-2. The van der Waals surface area contributed by atoms with Crippen molar-refractivity contribution in [3.05, 3.63) is 86.7 Å². The smallest absolute Gasteiger partial charge is 0.676 e. The zero-order valence-corrected chi connectivity index (χ0v) is 26.4. The molecule has 0 bridgehead atoms. The third-order valence-electron chi connectivity index (χ3n) is 4.53. The molecule has 3 rings (SSSR count). The average molecular weight is 569 g/mol. The van der Waals surface area contributed by atoms with E-state index >= 15 is 0 Å². The molecule has 0 aromatic heterocycles. The molecule has 0 fully saturated rings. The van der Waals surface area contributed by atoms with E-state index in [-0.39, 0.29) is 100 Å². The SMILES string of the molecule is CC.[CH2-]N(CC[NH-])c1cccc(-c2cccc(-c3ccc(NC(C)=O)c(F)c3)c2O)c1.[CH3-].[Cs+]. The summed E-state index contributed by atoms with van der Waals surface area (Å²) in [5.41, 5.74) is 10.7. The van der Waals surface area contributed by atoms with Crippen LogP contribution < -0.4 is 79.1 Å². The Bertz CT molecular complexity index is 1040. The van der Waals surface area contributed by atoms with E-state index in [9.17, 15) is 14.3 Å². The van der Waals surface area contributed by atoms with Gasteiger partial charge in [-0.1, -0.05) is 50.2 Å². The number of para-hydroxylation sites is 1. The number of phenols is 1. The first-order valence-corrected chi connectivity index (χ1v) is 10.1. The summed E-state index contributed by atoms with van der Waals surface area (Å²) < 4.78 is 14.3. The fourth-order valence-corrected chi connectivity index (χ4v) is 3.12. The van der Waals surface area contributed by atoms with Gasteiger partial charge in [0.2, 0.25) is 5.91 Å². The number of nitrogens with zero attached hydrogens (tertiary/aromatic N) is 1. The summed E-state index contributed by atoms with van der Waals surface area (Å²) in [5, 5.41) is 13.3. The number of anilines is 2. The number of nitrogens with one attached hydrogen (secondary N) is 2. The van der Waals surface area contributed by atoms with Gasteiger partial charge in [-0.25, -0.2) is 4.39 Å². The molecule has 5 nitrogen and oxygen atoms in total. The second-order valence-corrected chi connectivity index (χ2v) is 6.64. The average Bonchev–Trinajstić information content (AvgIpc) is 2.77. The Morgan fingerprint density at radius 1 is 1.06 bits per heavy atom. The van der Waals surface area contributed by atoms with E-state index < -0.39 is 5.82 Å². The number of rotatable bonds is 6. The van der Waals surface area contributed by atoms with Gasteiger partial charge in [0.1, 0.15) is 11.6 Å². The summed E-state index contributed by atoms with van der Waals surface area (Å²) >= 11 is 0. The Kier molecular flexibility index (Phi) is 14.9. The maximum absolute atomic E-state index is 14.3. The van der Waals surface area contributed by atoms with E-state index in [1.807, 2.05) is 38.1 Å². The second kappa shape index (κ2) is 15.6. The van der Waals surface area contributed by atoms with E-state index in [0.29, 0.717) is 23.2 Å². The van der Waals surface area contributed by atoms with Gasteiger partial charge in [0, 0.05) is 23.7 Å². The summed E-state index contributed by atoms with van der Waals surface area (Å²) in [6, 6.07) is 17.2. The number of benzene rings is 3. The van der Waals surface area contributed by atoms with E-state index in [0.717, 1.165) is 11.3 Å². The molecule has 0 aliphatic carbocycles. The van der Waals surface area contributed by atoms with Gasteiger partial charge in [0.05, 0.1) is 5.69 Å². The van der Waals surface area contributed by atoms with Crippen molar-refractivity contribution in [1.82, 2.24) is 0 Å². The van der Waals surface area contributed by atoms with Crippen molar-refractivity contribution < 1.29 is 83.2 Å². The topological polar surface area (TPSA) is 76.4 Å². The Hall–Kier alpha value is -1.33. The zero-order chi connectivity index (χ0) is 23.0. The maximum atomic E-state index is 14.3. The largest absolute Gasteiger partial charge is 1.00 e. The number of carbonyl (C=O) groups excluding carboxylic acids is 1. The Morgan fingerprint density at radius 3 is 2.18 bits per heavy atom. The molecule has 3 N–H and O–H groups in total. The summed E-state index contributed by atoms with van der Waals surface area (Å²) in [7, 11) is 3.94. The van der Waals surface area contributed by atoms with Crippen molar-refractivity contribution in [2.24, 2.45) is 0 Å². The van der Waals surface area contributed by atoms with Crippen LogP contribution in [-0.4, -0.2) is 24.1 Å². The van der Waals surface area contributed by atoms with Crippen LogP contribution in [0.2, 0.25) is 0 Å². The van der Waals surface area contributed by atoms with E-state index in [1.54, 1.807) is 29.2 Å². The molecule has 7 heteroatoms.